The number of hydrogen-bond donors (Lipinski definition) is 0. The van der Waals surface area contributed by atoms with E-state index in [9.17, 15) is 13.2 Å². The number of amides is 1. The molecule has 2 aromatic rings. The van der Waals surface area contributed by atoms with E-state index in [0.29, 0.717) is 5.69 Å². The van der Waals surface area contributed by atoms with E-state index >= 15 is 0 Å². The fourth-order valence-corrected chi connectivity index (χ4v) is 3.01. The number of sulfone groups is 1. The van der Waals surface area contributed by atoms with Crippen LogP contribution in [-0.4, -0.2) is 42.8 Å². The molecule has 0 saturated heterocycles. The van der Waals surface area contributed by atoms with Crippen molar-refractivity contribution in [1.29, 1.82) is 0 Å². The zero-order valence-corrected chi connectivity index (χ0v) is 15.1. The number of nitrogens with zero attached hydrogens (tertiary/aromatic N) is 2. The predicted octanol–water partition coefficient (Wildman–Crippen LogP) is 2.37. The molecular formula is C18H22N2O3S. The number of benzene rings is 1. The number of hydrogen-bond acceptors (Lipinski definition) is 4. The molecule has 0 N–H and O–H groups in total. The summed E-state index contributed by atoms with van der Waals surface area (Å²) in [7, 11) is -1.85. The van der Waals surface area contributed by atoms with Crippen molar-refractivity contribution in [3.05, 3.63) is 65.5 Å². The Balaban J connectivity index is 2.46. The standard InChI is InChI=1S/C18H22N2O3S/c1-13-8-10-15(11-9-13)17(16-7-5-6-12-19-16)20(3)18(21)14(2)24(4,22)23/h5-12,14,17H,1-4H3/t14-,17-/m0/s1. The molecular weight excluding hydrogens is 324 g/mol. The van der Waals surface area contributed by atoms with Crippen LogP contribution in [0.3, 0.4) is 0 Å². The first-order valence-corrected chi connectivity index (χ1v) is 9.60. The van der Waals surface area contributed by atoms with Gasteiger partial charge in [-0.3, -0.25) is 9.78 Å². The molecule has 2 atom stereocenters. The predicted molar refractivity (Wildman–Crippen MR) is 94.3 cm³/mol. The maximum absolute atomic E-state index is 12.7. The largest absolute Gasteiger partial charge is 0.332 e. The lowest BCUT2D eigenvalue weighted by Crippen LogP contribution is -2.41. The lowest BCUT2D eigenvalue weighted by atomic mass is 10.00. The Morgan fingerprint density at radius 1 is 1.12 bits per heavy atom. The van der Waals surface area contributed by atoms with Crippen molar-refractivity contribution in [3.63, 3.8) is 0 Å². The van der Waals surface area contributed by atoms with Gasteiger partial charge < -0.3 is 4.90 Å². The van der Waals surface area contributed by atoms with Crippen LogP contribution in [0.5, 0.6) is 0 Å². The van der Waals surface area contributed by atoms with Gasteiger partial charge in [-0.2, -0.15) is 0 Å². The Morgan fingerprint density at radius 2 is 1.75 bits per heavy atom. The first kappa shape index (κ1) is 18.1. The molecule has 0 fully saturated rings. The number of aryl methyl sites for hydroxylation is 1. The molecule has 0 radical (unpaired) electrons. The van der Waals surface area contributed by atoms with Gasteiger partial charge in [0.2, 0.25) is 5.91 Å². The van der Waals surface area contributed by atoms with E-state index in [1.165, 1.54) is 11.8 Å². The Hall–Kier alpha value is -2.21. The Labute approximate surface area is 143 Å². The zero-order chi connectivity index (χ0) is 17.9. The lowest BCUT2D eigenvalue weighted by Gasteiger charge is -2.30. The van der Waals surface area contributed by atoms with Gasteiger partial charge in [0.15, 0.2) is 9.84 Å². The molecule has 6 heteroatoms. The van der Waals surface area contributed by atoms with Crippen LogP contribution in [-0.2, 0) is 14.6 Å². The highest BCUT2D eigenvalue weighted by Crippen LogP contribution is 2.27. The molecule has 1 heterocycles. The zero-order valence-electron chi connectivity index (χ0n) is 14.3. The second-order valence-electron chi connectivity index (χ2n) is 5.99. The van der Waals surface area contributed by atoms with Gasteiger partial charge in [-0.15, -0.1) is 0 Å². The van der Waals surface area contributed by atoms with E-state index in [1.807, 2.05) is 43.3 Å². The number of carbonyl (C=O) groups is 1. The molecule has 1 aromatic carbocycles. The van der Waals surface area contributed by atoms with Crippen LogP contribution in [0.1, 0.15) is 29.8 Å². The van der Waals surface area contributed by atoms with Crippen LogP contribution in [0.4, 0.5) is 0 Å². The quantitative estimate of drug-likeness (QED) is 0.833. The van der Waals surface area contributed by atoms with Gasteiger partial charge in [-0.25, -0.2) is 8.42 Å². The third kappa shape index (κ3) is 4.00. The van der Waals surface area contributed by atoms with Crippen molar-refractivity contribution in [3.8, 4) is 0 Å². The van der Waals surface area contributed by atoms with E-state index in [-0.39, 0.29) is 0 Å². The molecule has 1 aromatic heterocycles. The highest BCUT2D eigenvalue weighted by molar-refractivity contribution is 7.92. The molecule has 1 amide bonds. The summed E-state index contributed by atoms with van der Waals surface area (Å²) in [5.74, 6) is -0.450. The van der Waals surface area contributed by atoms with Gasteiger partial charge in [-0.1, -0.05) is 35.9 Å². The summed E-state index contributed by atoms with van der Waals surface area (Å²) < 4.78 is 23.5. The number of aromatic nitrogens is 1. The average Bonchev–Trinajstić information content (AvgIpc) is 2.55. The SMILES string of the molecule is Cc1ccc([C@@H](c2ccccn2)N(C)C(=O)[C@H](C)S(C)(=O)=O)cc1. The Morgan fingerprint density at radius 3 is 2.25 bits per heavy atom. The molecule has 0 aliphatic carbocycles. The molecule has 2 rings (SSSR count). The summed E-state index contributed by atoms with van der Waals surface area (Å²) in [4.78, 5) is 18.5. The van der Waals surface area contributed by atoms with Crippen molar-refractivity contribution in [2.24, 2.45) is 0 Å². The van der Waals surface area contributed by atoms with Gasteiger partial charge >= 0.3 is 0 Å². The summed E-state index contributed by atoms with van der Waals surface area (Å²) in [6.07, 6.45) is 2.74. The summed E-state index contributed by atoms with van der Waals surface area (Å²) in [5.41, 5.74) is 2.69. The molecule has 0 aliphatic heterocycles. The summed E-state index contributed by atoms with van der Waals surface area (Å²) in [5, 5.41) is -1.10. The van der Waals surface area contributed by atoms with Crippen LogP contribution in [0.2, 0.25) is 0 Å². The van der Waals surface area contributed by atoms with Gasteiger partial charge in [0, 0.05) is 19.5 Å². The average molecular weight is 346 g/mol. The molecule has 5 nitrogen and oxygen atoms in total. The highest BCUT2D eigenvalue weighted by atomic mass is 32.2. The van der Waals surface area contributed by atoms with Crippen LogP contribution in [0.25, 0.3) is 0 Å². The highest BCUT2D eigenvalue weighted by Gasteiger charge is 2.32. The maximum atomic E-state index is 12.7. The number of pyridine rings is 1. The van der Waals surface area contributed by atoms with Gasteiger partial charge in [0.05, 0.1) is 11.7 Å². The van der Waals surface area contributed by atoms with Gasteiger partial charge in [0.1, 0.15) is 5.25 Å². The minimum atomic E-state index is -3.46. The monoisotopic (exact) mass is 346 g/mol. The van der Waals surface area contributed by atoms with E-state index in [1.54, 1.807) is 19.3 Å². The Kier molecular flexibility index (Phi) is 5.39. The summed E-state index contributed by atoms with van der Waals surface area (Å²) in [6.45, 7) is 3.40. The van der Waals surface area contributed by atoms with Gasteiger partial charge in [-0.05, 0) is 31.5 Å². The number of carbonyl (C=O) groups excluding carboxylic acids is 1. The van der Waals surface area contributed by atoms with Crippen LogP contribution >= 0.6 is 0 Å². The van der Waals surface area contributed by atoms with Crippen molar-refractivity contribution in [1.82, 2.24) is 9.88 Å². The molecule has 0 unspecified atom stereocenters. The second kappa shape index (κ2) is 7.13. The minimum Gasteiger partial charge on any atom is -0.332 e. The summed E-state index contributed by atoms with van der Waals surface area (Å²) in [6, 6.07) is 12.8. The van der Waals surface area contributed by atoms with Crippen molar-refractivity contribution < 1.29 is 13.2 Å². The molecule has 128 valence electrons. The molecule has 0 bridgehead atoms. The number of rotatable bonds is 5. The van der Waals surface area contributed by atoms with E-state index in [0.717, 1.165) is 17.4 Å². The van der Waals surface area contributed by atoms with Crippen molar-refractivity contribution in [2.45, 2.75) is 25.1 Å². The smallest absolute Gasteiger partial charge is 0.241 e. The van der Waals surface area contributed by atoms with Gasteiger partial charge in [0.25, 0.3) is 0 Å². The molecule has 24 heavy (non-hydrogen) atoms. The molecule has 0 spiro atoms. The van der Waals surface area contributed by atoms with Crippen LogP contribution in [0.15, 0.2) is 48.7 Å². The molecule has 0 saturated carbocycles. The third-order valence-electron chi connectivity index (χ3n) is 4.09. The lowest BCUT2D eigenvalue weighted by molar-refractivity contribution is -0.130. The minimum absolute atomic E-state index is 0.441. The normalized spacial score (nSPS) is 14.0. The van der Waals surface area contributed by atoms with Crippen LogP contribution in [0, 0.1) is 6.92 Å². The van der Waals surface area contributed by atoms with E-state index in [2.05, 4.69) is 4.98 Å². The molecule has 0 aliphatic rings. The fourth-order valence-electron chi connectivity index (χ4n) is 2.48. The Bertz CT molecular complexity index is 802. The third-order valence-corrected chi connectivity index (χ3v) is 5.57. The topological polar surface area (TPSA) is 67.3 Å². The fraction of sp³-hybridized carbons (Fsp3) is 0.333. The van der Waals surface area contributed by atoms with E-state index < -0.39 is 27.0 Å². The first-order valence-electron chi connectivity index (χ1n) is 7.65. The van der Waals surface area contributed by atoms with Crippen LogP contribution < -0.4 is 0 Å². The maximum Gasteiger partial charge on any atom is 0.241 e. The van der Waals surface area contributed by atoms with E-state index in [4.69, 9.17) is 0 Å². The second-order valence-corrected chi connectivity index (χ2v) is 8.35. The summed E-state index contributed by atoms with van der Waals surface area (Å²) >= 11 is 0. The van der Waals surface area contributed by atoms with Crippen molar-refractivity contribution in [2.75, 3.05) is 13.3 Å². The first-order chi connectivity index (χ1) is 11.2. The van der Waals surface area contributed by atoms with Crippen molar-refractivity contribution >= 4 is 15.7 Å².